The molecule has 0 unspecified atom stereocenters. The molecule has 0 bridgehead atoms. The third-order valence-electron chi connectivity index (χ3n) is 5.25. The number of ether oxygens (including phenoxy) is 1. The number of nitrogens with one attached hydrogen (secondary N) is 1. The van der Waals surface area contributed by atoms with Gasteiger partial charge in [-0.25, -0.2) is 4.90 Å². The number of para-hydroxylation sites is 1. The summed E-state index contributed by atoms with van der Waals surface area (Å²) in [7, 11) is 0. The number of amides is 3. The van der Waals surface area contributed by atoms with Crippen molar-refractivity contribution in [2.24, 2.45) is 0 Å². The monoisotopic (exact) mass is 428 g/mol. The Bertz CT molecular complexity index is 1200. The van der Waals surface area contributed by atoms with Crippen LogP contribution < -0.4 is 15.0 Å². The lowest BCUT2D eigenvalue weighted by Gasteiger charge is -2.16. The van der Waals surface area contributed by atoms with Gasteiger partial charge < -0.3 is 10.1 Å². The van der Waals surface area contributed by atoms with Crippen LogP contribution in [0.25, 0.3) is 0 Å². The Morgan fingerprint density at radius 2 is 1.62 bits per heavy atom. The number of carbonyl (C=O) groups is 3. The van der Waals surface area contributed by atoms with Crippen molar-refractivity contribution in [3.05, 3.63) is 94.5 Å². The average Bonchev–Trinajstić information content (AvgIpc) is 3.02. The van der Waals surface area contributed by atoms with Crippen LogP contribution in [0.2, 0.25) is 0 Å². The highest BCUT2D eigenvalue weighted by Crippen LogP contribution is 2.31. The largest absolute Gasteiger partial charge is 0.491 e. The van der Waals surface area contributed by atoms with Gasteiger partial charge >= 0.3 is 0 Å². The standard InChI is InChI=1S/C26H24N2O4/c1-16(2)32-20-11-8-18(9-12-20)15-27-24(29)19-10-13-21-22(14-19)26(31)28(25(21)30)23-7-5-4-6-17(23)3/h4-14,16H,15H2,1-3H3,(H,27,29). The van der Waals surface area contributed by atoms with E-state index in [0.717, 1.165) is 16.9 Å². The summed E-state index contributed by atoms with van der Waals surface area (Å²) < 4.78 is 5.62. The highest BCUT2D eigenvalue weighted by atomic mass is 16.5. The summed E-state index contributed by atoms with van der Waals surface area (Å²) in [5.74, 6) is -0.343. The number of rotatable bonds is 6. The molecular formula is C26H24N2O4. The van der Waals surface area contributed by atoms with Gasteiger partial charge in [0.25, 0.3) is 17.7 Å². The lowest BCUT2D eigenvalue weighted by Crippen LogP contribution is -2.30. The zero-order valence-electron chi connectivity index (χ0n) is 18.2. The zero-order chi connectivity index (χ0) is 22.8. The summed E-state index contributed by atoms with van der Waals surface area (Å²) in [5.41, 5.74) is 3.17. The topological polar surface area (TPSA) is 75.7 Å². The number of aryl methyl sites for hydroxylation is 1. The van der Waals surface area contributed by atoms with Gasteiger partial charge in [0.2, 0.25) is 0 Å². The highest BCUT2D eigenvalue weighted by Gasteiger charge is 2.37. The predicted octanol–water partition coefficient (Wildman–Crippen LogP) is 4.51. The van der Waals surface area contributed by atoms with Crippen LogP contribution in [0.5, 0.6) is 5.75 Å². The third kappa shape index (κ3) is 4.12. The molecule has 162 valence electrons. The van der Waals surface area contributed by atoms with E-state index >= 15 is 0 Å². The molecule has 3 aromatic rings. The van der Waals surface area contributed by atoms with Gasteiger partial charge in [0.05, 0.1) is 22.9 Å². The van der Waals surface area contributed by atoms with Gasteiger partial charge in [0.15, 0.2) is 0 Å². The molecule has 3 amide bonds. The minimum atomic E-state index is -0.422. The molecule has 1 heterocycles. The van der Waals surface area contributed by atoms with E-state index in [4.69, 9.17) is 4.74 Å². The average molecular weight is 428 g/mol. The molecule has 1 N–H and O–H groups in total. The third-order valence-corrected chi connectivity index (χ3v) is 5.25. The minimum Gasteiger partial charge on any atom is -0.491 e. The van der Waals surface area contributed by atoms with Gasteiger partial charge in [-0.15, -0.1) is 0 Å². The van der Waals surface area contributed by atoms with E-state index in [9.17, 15) is 14.4 Å². The molecule has 0 radical (unpaired) electrons. The molecule has 3 aromatic carbocycles. The molecule has 0 aliphatic carbocycles. The van der Waals surface area contributed by atoms with Crippen LogP contribution in [0.4, 0.5) is 5.69 Å². The van der Waals surface area contributed by atoms with Crippen molar-refractivity contribution >= 4 is 23.4 Å². The molecule has 6 nitrogen and oxygen atoms in total. The number of carbonyl (C=O) groups excluding carboxylic acids is 3. The van der Waals surface area contributed by atoms with Crippen molar-refractivity contribution in [3.63, 3.8) is 0 Å². The van der Waals surface area contributed by atoms with Crippen molar-refractivity contribution in [3.8, 4) is 5.75 Å². The Labute approximate surface area is 186 Å². The summed E-state index contributed by atoms with van der Waals surface area (Å²) >= 11 is 0. The maximum Gasteiger partial charge on any atom is 0.266 e. The van der Waals surface area contributed by atoms with E-state index in [2.05, 4.69) is 5.32 Å². The molecular weight excluding hydrogens is 404 g/mol. The van der Waals surface area contributed by atoms with Gasteiger partial charge in [-0.2, -0.15) is 0 Å². The van der Waals surface area contributed by atoms with E-state index in [0.29, 0.717) is 23.4 Å². The Morgan fingerprint density at radius 1 is 0.938 bits per heavy atom. The molecule has 1 aliphatic rings. The van der Waals surface area contributed by atoms with Crippen LogP contribution in [0.15, 0.2) is 66.7 Å². The second-order valence-corrected chi connectivity index (χ2v) is 7.99. The van der Waals surface area contributed by atoms with Crippen LogP contribution in [-0.2, 0) is 6.54 Å². The fourth-order valence-electron chi connectivity index (χ4n) is 3.66. The Kier molecular flexibility index (Phi) is 5.77. The van der Waals surface area contributed by atoms with E-state index < -0.39 is 5.91 Å². The maximum atomic E-state index is 13.0. The number of anilines is 1. The molecule has 0 saturated heterocycles. The normalized spacial score (nSPS) is 12.8. The minimum absolute atomic E-state index is 0.0942. The summed E-state index contributed by atoms with van der Waals surface area (Å²) in [4.78, 5) is 39.7. The fraction of sp³-hybridized carbons (Fsp3) is 0.192. The van der Waals surface area contributed by atoms with Gasteiger partial charge in [-0.05, 0) is 68.3 Å². The first-order chi connectivity index (χ1) is 15.3. The van der Waals surface area contributed by atoms with Crippen LogP contribution in [-0.4, -0.2) is 23.8 Å². The second-order valence-electron chi connectivity index (χ2n) is 7.99. The number of hydrogen-bond donors (Lipinski definition) is 1. The van der Waals surface area contributed by atoms with Crippen molar-refractivity contribution in [2.45, 2.75) is 33.4 Å². The first-order valence-corrected chi connectivity index (χ1v) is 10.5. The fourth-order valence-corrected chi connectivity index (χ4v) is 3.66. The van der Waals surface area contributed by atoms with Gasteiger partial charge in [0.1, 0.15) is 5.75 Å². The molecule has 0 spiro atoms. The molecule has 0 saturated carbocycles. The van der Waals surface area contributed by atoms with E-state index in [1.165, 1.54) is 11.0 Å². The molecule has 0 atom stereocenters. The molecule has 1 aliphatic heterocycles. The first-order valence-electron chi connectivity index (χ1n) is 10.5. The number of benzene rings is 3. The van der Waals surface area contributed by atoms with E-state index in [1.807, 2.05) is 57.2 Å². The summed E-state index contributed by atoms with van der Waals surface area (Å²) in [6.45, 7) is 6.10. The van der Waals surface area contributed by atoms with Gasteiger partial charge in [-0.1, -0.05) is 30.3 Å². The summed E-state index contributed by atoms with van der Waals surface area (Å²) in [6.07, 6.45) is 0.0942. The number of imide groups is 1. The number of nitrogens with zero attached hydrogens (tertiary/aromatic N) is 1. The summed E-state index contributed by atoms with van der Waals surface area (Å²) in [6, 6.07) is 19.3. The smallest absolute Gasteiger partial charge is 0.266 e. The molecule has 6 heteroatoms. The highest BCUT2D eigenvalue weighted by molar-refractivity contribution is 6.35. The quantitative estimate of drug-likeness (QED) is 0.586. The Balaban J connectivity index is 1.48. The van der Waals surface area contributed by atoms with Crippen molar-refractivity contribution in [1.82, 2.24) is 5.32 Å². The van der Waals surface area contributed by atoms with Crippen molar-refractivity contribution in [2.75, 3.05) is 4.90 Å². The lowest BCUT2D eigenvalue weighted by molar-refractivity contribution is 0.0923. The Hall–Kier alpha value is -3.93. The lowest BCUT2D eigenvalue weighted by atomic mass is 10.1. The van der Waals surface area contributed by atoms with Crippen molar-refractivity contribution < 1.29 is 19.1 Å². The van der Waals surface area contributed by atoms with Crippen molar-refractivity contribution in [1.29, 1.82) is 0 Å². The van der Waals surface area contributed by atoms with Crippen LogP contribution >= 0.6 is 0 Å². The van der Waals surface area contributed by atoms with Gasteiger partial charge in [0, 0.05) is 12.1 Å². The molecule has 0 fully saturated rings. The zero-order valence-corrected chi connectivity index (χ0v) is 18.2. The van der Waals surface area contributed by atoms with Crippen LogP contribution in [0, 0.1) is 6.92 Å². The maximum absolute atomic E-state index is 13.0. The molecule has 32 heavy (non-hydrogen) atoms. The molecule has 4 rings (SSSR count). The van der Waals surface area contributed by atoms with E-state index in [1.54, 1.807) is 24.3 Å². The van der Waals surface area contributed by atoms with Crippen LogP contribution in [0.3, 0.4) is 0 Å². The van der Waals surface area contributed by atoms with E-state index in [-0.39, 0.29) is 23.5 Å². The first kappa shape index (κ1) is 21.3. The Morgan fingerprint density at radius 3 is 2.31 bits per heavy atom. The van der Waals surface area contributed by atoms with Gasteiger partial charge in [-0.3, -0.25) is 14.4 Å². The summed E-state index contributed by atoms with van der Waals surface area (Å²) in [5, 5.41) is 2.86. The molecule has 0 aromatic heterocycles. The van der Waals surface area contributed by atoms with Crippen LogP contribution in [0.1, 0.15) is 56.0 Å². The number of hydrogen-bond acceptors (Lipinski definition) is 4. The second kappa shape index (κ2) is 8.67. The predicted molar refractivity (Wildman–Crippen MR) is 122 cm³/mol. The number of fused-ring (bicyclic) bond motifs is 1. The SMILES string of the molecule is Cc1ccccc1N1C(=O)c2ccc(C(=O)NCc3ccc(OC(C)C)cc3)cc2C1=O.